The number of likely N-dealkylation sites (tertiary alicyclic amines) is 1. The SMILES string of the molecule is Cc1cc(Cl)ccc1NS(=O)(=O)c1ccc2c(c1)NC(=O)[C@@H](C(=O)N1CCCCCC1)S2. The van der Waals surface area contributed by atoms with E-state index in [2.05, 4.69) is 10.0 Å². The highest BCUT2D eigenvalue weighted by molar-refractivity contribution is 8.01. The number of benzene rings is 2. The number of rotatable bonds is 4. The first-order valence-corrected chi connectivity index (χ1v) is 13.2. The quantitative estimate of drug-likeness (QED) is 0.620. The highest BCUT2D eigenvalue weighted by atomic mass is 35.5. The lowest BCUT2D eigenvalue weighted by molar-refractivity contribution is -0.133. The second kappa shape index (κ2) is 9.33. The number of anilines is 2. The lowest BCUT2D eigenvalue weighted by Crippen LogP contribution is -2.45. The zero-order chi connectivity index (χ0) is 22.9. The molecule has 0 radical (unpaired) electrons. The zero-order valence-corrected chi connectivity index (χ0v) is 19.9. The molecule has 2 aliphatic heterocycles. The van der Waals surface area contributed by atoms with Crippen molar-refractivity contribution in [2.75, 3.05) is 23.1 Å². The van der Waals surface area contributed by atoms with E-state index in [1.54, 1.807) is 36.1 Å². The Morgan fingerprint density at radius 3 is 2.53 bits per heavy atom. The van der Waals surface area contributed by atoms with Crippen LogP contribution in [0.4, 0.5) is 11.4 Å². The summed E-state index contributed by atoms with van der Waals surface area (Å²) >= 11 is 7.11. The number of carbonyl (C=O) groups excluding carboxylic acids is 2. The van der Waals surface area contributed by atoms with Crippen molar-refractivity contribution in [2.24, 2.45) is 0 Å². The van der Waals surface area contributed by atoms with E-state index in [9.17, 15) is 18.0 Å². The number of sulfonamides is 1. The van der Waals surface area contributed by atoms with Crippen molar-refractivity contribution >= 4 is 56.6 Å². The van der Waals surface area contributed by atoms with E-state index in [4.69, 9.17) is 11.6 Å². The van der Waals surface area contributed by atoms with Crippen LogP contribution in [0.2, 0.25) is 5.02 Å². The lowest BCUT2D eigenvalue weighted by atomic mass is 10.2. The molecule has 0 unspecified atom stereocenters. The molecule has 7 nitrogen and oxygen atoms in total. The van der Waals surface area contributed by atoms with Crippen LogP contribution >= 0.6 is 23.4 Å². The normalized spacial score (nSPS) is 19.0. The third kappa shape index (κ3) is 4.89. The van der Waals surface area contributed by atoms with E-state index in [0.29, 0.717) is 39.9 Å². The van der Waals surface area contributed by atoms with Crippen LogP contribution in [0.25, 0.3) is 0 Å². The van der Waals surface area contributed by atoms with Gasteiger partial charge in [-0.3, -0.25) is 14.3 Å². The molecule has 2 heterocycles. The molecule has 2 aromatic rings. The van der Waals surface area contributed by atoms with Crippen molar-refractivity contribution in [3.8, 4) is 0 Å². The van der Waals surface area contributed by atoms with Gasteiger partial charge < -0.3 is 10.2 Å². The Balaban J connectivity index is 1.53. The number of aryl methyl sites for hydroxylation is 1. The summed E-state index contributed by atoms with van der Waals surface area (Å²) in [5, 5.41) is 2.38. The summed E-state index contributed by atoms with van der Waals surface area (Å²) < 4.78 is 28.3. The number of thioether (sulfide) groups is 1. The fourth-order valence-electron chi connectivity index (χ4n) is 3.82. The molecule has 0 bridgehead atoms. The fourth-order valence-corrected chi connectivity index (χ4v) is 6.26. The monoisotopic (exact) mass is 493 g/mol. The van der Waals surface area contributed by atoms with Gasteiger partial charge >= 0.3 is 0 Å². The molecule has 1 fully saturated rings. The Labute approximate surface area is 196 Å². The third-order valence-corrected chi connectivity index (χ3v) is 8.44. The molecule has 0 aliphatic carbocycles. The van der Waals surface area contributed by atoms with Gasteiger partial charge in [0.15, 0.2) is 5.25 Å². The molecule has 2 aromatic carbocycles. The molecular formula is C22H24ClN3O4S2. The van der Waals surface area contributed by atoms with Gasteiger partial charge in [-0.2, -0.15) is 0 Å². The number of halogens is 1. The molecule has 4 rings (SSSR count). The zero-order valence-electron chi connectivity index (χ0n) is 17.6. The van der Waals surface area contributed by atoms with Crippen LogP contribution in [0.3, 0.4) is 0 Å². The van der Waals surface area contributed by atoms with E-state index >= 15 is 0 Å². The summed E-state index contributed by atoms with van der Waals surface area (Å²) in [6.07, 6.45) is 4.08. The van der Waals surface area contributed by atoms with E-state index in [1.807, 2.05) is 0 Å². The van der Waals surface area contributed by atoms with Crippen molar-refractivity contribution in [1.82, 2.24) is 4.90 Å². The predicted molar refractivity (Wildman–Crippen MR) is 127 cm³/mol. The summed E-state index contributed by atoms with van der Waals surface area (Å²) in [5.74, 6) is -0.607. The Morgan fingerprint density at radius 2 is 1.84 bits per heavy atom. The minimum absolute atomic E-state index is 0.0174. The molecule has 1 atom stereocenters. The minimum atomic E-state index is -3.88. The number of nitrogens with one attached hydrogen (secondary N) is 2. The van der Waals surface area contributed by atoms with Gasteiger partial charge in [0.2, 0.25) is 11.8 Å². The lowest BCUT2D eigenvalue weighted by Gasteiger charge is -2.28. The Bertz CT molecular complexity index is 1160. The second-order valence-electron chi connectivity index (χ2n) is 7.95. The summed E-state index contributed by atoms with van der Waals surface area (Å²) in [5.41, 5.74) is 1.50. The first kappa shape index (κ1) is 22.9. The average molecular weight is 494 g/mol. The van der Waals surface area contributed by atoms with Gasteiger partial charge in [-0.05, 0) is 61.7 Å². The molecule has 2 amide bonds. The van der Waals surface area contributed by atoms with Crippen LogP contribution in [-0.4, -0.2) is 43.5 Å². The maximum Gasteiger partial charge on any atom is 0.261 e. The van der Waals surface area contributed by atoms with Crippen molar-refractivity contribution in [3.63, 3.8) is 0 Å². The minimum Gasteiger partial charge on any atom is -0.341 e. The van der Waals surface area contributed by atoms with Crippen LogP contribution in [0.1, 0.15) is 31.2 Å². The molecule has 1 saturated heterocycles. The number of hydrogen-bond donors (Lipinski definition) is 2. The van der Waals surface area contributed by atoms with Gasteiger partial charge in [0.1, 0.15) is 0 Å². The van der Waals surface area contributed by atoms with Gasteiger partial charge in [-0.15, -0.1) is 11.8 Å². The maximum atomic E-state index is 12.9. The number of carbonyl (C=O) groups is 2. The number of fused-ring (bicyclic) bond motifs is 1. The van der Waals surface area contributed by atoms with E-state index in [0.717, 1.165) is 25.7 Å². The van der Waals surface area contributed by atoms with Crippen molar-refractivity contribution < 1.29 is 18.0 Å². The second-order valence-corrected chi connectivity index (χ2v) is 11.2. The topological polar surface area (TPSA) is 95.6 Å². The van der Waals surface area contributed by atoms with Gasteiger partial charge in [0, 0.05) is 23.0 Å². The molecule has 2 N–H and O–H groups in total. The highest BCUT2D eigenvalue weighted by Gasteiger charge is 2.36. The van der Waals surface area contributed by atoms with Gasteiger partial charge in [-0.25, -0.2) is 8.42 Å². The van der Waals surface area contributed by atoms with E-state index in [1.165, 1.54) is 23.9 Å². The largest absolute Gasteiger partial charge is 0.341 e. The van der Waals surface area contributed by atoms with Crippen LogP contribution in [-0.2, 0) is 19.6 Å². The molecule has 0 saturated carbocycles. The van der Waals surface area contributed by atoms with Crippen LogP contribution < -0.4 is 10.0 Å². The van der Waals surface area contributed by atoms with E-state index in [-0.39, 0.29) is 10.8 Å². The van der Waals surface area contributed by atoms with Crippen molar-refractivity contribution in [1.29, 1.82) is 0 Å². The van der Waals surface area contributed by atoms with Gasteiger partial charge in [-0.1, -0.05) is 24.4 Å². The third-order valence-electron chi connectivity index (χ3n) is 5.58. The molecule has 10 heteroatoms. The molecule has 0 spiro atoms. The maximum absolute atomic E-state index is 12.9. The summed E-state index contributed by atoms with van der Waals surface area (Å²) in [4.78, 5) is 28.1. The van der Waals surface area contributed by atoms with Crippen LogP contribution in [0.15, 0.2) is 46.2 Å². The van der Waals surface area contributed by atoms with Crippen molar-refractivity contribution in [3.05, 3.63) is 47.0 Å². The van der Waals surface area contributed by atoms with Crippen LogP contribution in [0, 0.1) is 6.92 Å². The molecule has 0 aromatic heterocycles. The first-order valence-electron chi connectivity index (χ1n) is 10.4. The smallest absolute Gasteiger partial charge is 0.261 e. The highest BCUT2D eigenvalue weighted by Crippen LogP contribution is 2.38. The van der Waals surface area contributed by atoms with Crippen molar-refractivity contribution in [2.45, 2.75) is 47.6 Å². The van der Waals surface area contributed by atoms with Gasteiger partial charge in [0.05, 0.1) is 16.3 Å². The standard InChI is InChI=1S/C22H24ClN3O4S2/c1-14-12-15(23)6-8-17(14)25-32(29,30)16-7-9-19-18(13-16)24-21(27)20(31-19)22(28)26-10-4-2-3-5-11-26/h6-9,12-13,20,25H,2-5,10-11H2,1H3,(H,24,27)/t20-/m0/s1. The summed E-state index contributed by atoms with van der Waals surface area (Å²) in [6.45, 7) is 3.10. The fraction of sp³-hybridized carbons (Fsp3) is 0.364. The Hall–Kier alpha value is -2.23. The average Bonchev–Trinajstić information content (AvgIpc) is 3.04. The van der Waals surface area contributed by atoms with Gasteiger partial charge in [0.25, 0.3) is 10.0 Å². The Morgan fingerprint density at radius 1 is 1.12 bits per heavy atom. The first-order chi connectivity index (χ1) is 15.2. The van der Waals surface area contributed by atoms with E-state index < -0.39 is 21.2 Å². The molecular weight excluding hydrogens is 470 g/mol. The number of nitrogens with zero attached hydrogens (tertiary/aromatic N) is 1. The molecule has 2 aliphatic rings. The predicted octanol–water partition coefficient (Wildman–Crippen LogP) is 4.26. The molecule has 170 valence electrons. The molecule has 32 heavy (non-hydrogen) atoms. The Kier molecular flexibility index (Phi) is 6.69. The number of amides is 2. The summed E-state index contributed by atoms with van der Waals surface area (Å²) in [7, 11) is -3.88. The van der Waals surface area contributed by atoms with Crippen LogP contribution in [0.5, 0.6) is 0 Å². The number of hydrogen-bond acceptors (Lipinski definition) is 5. The summed E-state index contributed by atoms with van der Waals surface area (Å²) in [6, 6.07) is 9.41.